The molecule has 1 aromatic rings. The third-order valence-electron chi connectivity index (χ3n) is 5.32. The van der Waals surface area contributed by atoms with E-state index in [9.17, 15) is 19.5 Å². The molecule has 0 radical (unpaired) electrons. The van der Waals surface area contributed by atoms with Crippen molar-refractivity contribution in [3.8, 4) is 0 Å². The van der Waals surface area contributed by atoms with Crippen LogP contribution in [0.3, 0.4) is 0 Å². The number of carbonyl (C=O) groups is 3. The van der Waals surface area contributed by atoms with E-state index >= 15 is 0 Å². The third kappa shape index (κ3) is 10.2. The van der Waals surface area contributed by atoms with E-state index in [1.807, 2.05) is 44.2 Å². The van der Waals surface area contributed by atoms with Gasteiger partial charge in [0.05, 0.1) is 12.6 Å². The Morgan fingerprint density at radius 3 is 2.36 bits per heavy atom. The van der Waals surface area contributed by atoms with Gasteiger partial charge in [0.15, 0.2) is 6.10 Å². The predicted molar refractivity (Wildman–Crippen MR) is 123 cm³/mol. The number of alkyl carbamates (subject to hydrolysis) is 1. The van der Waals surface area contributed by atoms with Crippen LogP contribution in [-0.2, 0) is 25.5 Å². The second-order valence-electron chi connectivity index (χ2n) is 8.82. The van der Waals surface area contributed by atoms with Crippen molar-refractivity contribution < 1.29 is 29.0 Å². The lowest BCUT2D eigenvalue weighted by Crippen LogP contribution is -2.56. The van der Waals surface area contributed by atoms with E-state index in [-0.39, 0.29) is 25.2 Å². The molecule has 0 aliphatic heterocycles. The molecule has 0 aromatic heterocycles. The number of aryl methyl sites for hydroxylation is 1. The summed E-state index contributed by atoms with van der Waals surface area (Å²) in [6, 6.07) is 8.07. The number of hydrogen-bond acceptors (Lipinski definition) is 6. The lowest BCUT2D eigenvalue weighted by atomic mass is 9.98. The Hall–Kier alpha value is -2.65. The summed E-state index contributed by atoms with van der Waals surface area (Å²) in [5.41, 5.74) is 1.03. The van der Waals surface area contributed by atoms with Crippen LogP contribution in [0.25, 0.3) is 0 Å². The maximum atomic E-state index is 13.1. The maximum absolute atomic E-state index is 13.1. The van der Waals surface area contributed by atoms with Crippen molar-refractivity contribution in [1.29, 1.82) is 0 Å². The number of hydrogen-bond donors (Lipinski definition) is 4. The normalized spacial score (nSPS) is 15.9. The molecule has 33 heavy (non-hydrogen) atoms. The topological polar surface area (TPSA) is 126 Å². The highest BCUT2D eigenvalue weighted by Gasteiger charge is 2.33. The molecule has 1 saturated carbocycles. The van der Waals surface area contributed by atoms with Crippen LogP contribution in [0.2, 0.25) is 0 Å². The lowest BCUT2D eigenvalue weighted by Gasteiger charge is -2.27. The number of aliphatic hydroxyl groups is 1. The van der Waals surface area contributed by atoms with Gasteiger partial charge in [0, 0.05) is 13.2 Å². The molecule has 184 valence electrons. The molecule has 4 N–H and O–H groups in total. The lowest BCUT2D eigenvalue weighted by molar-refractivity contribution is -0.133. The first-order chi connectivity index (χ1) is 15.8. The van der Waals surface area contributed by atoms with Gasteiger partial charge in [-0.1, -0.05) is 44.2 Å². The zero-order valence-electron chi connectivity index (χ0n) is 19.7. The number of ether oxygens (including phenoxy) is 2. The highest BCUT2D eigenvalue weighted by molar-refractivity contribution is 5.87. The molecular weight excluding hydrogens is 426 g/mol. The van der Waals surface area contributed by atoms with E-state index in [0.717, 1.165) is 18.4 Å². The summed E-state index contributed by atoms with van der Waals surface area (Å²) in [5, 5.41) is 18.9. The van der Waals surface area contributed by atoms with Crippen molar-refractivity contribution in [3.63, 3.8) is 0 Å². The standard InChI is InChI=1S/C24H37N3O6/c1-16(2)15-20(27-24(31)33-14-13-32-3)22(29)26-19(12-9-17-7-5-4-6-8-17)21(28)23(30)25-18-10-11-18/h4-8,16,18-21,28H,9-15H2,1-3H3,(H,25,30)(H,26,29)(H,27,31). The summed E-state index contributed by atoms with van der Waals surface area (Å²) in [6.07, 6.45) is 0.979. The number of carbonyl (C=O) groups excluding carboxylic acids is 3. The average molecular weight is 464 g/mol. The van der Waals surface area contributed by atoms with Crippen LogP contribution in [0, 0.1) is 5.92 Å². The Morgan fingerprint density at radius 1 is 1.06 bits per heavy atom. The number of methoxy groups -OCH3 is 1. The van der Waals surface area contributed by atoms with Crippen LogP contribution in [-0.4, -0.2) is 67.6 Å². The molecular formula is C24H37N3O6. The Kier molecular flexibility index (Phi) is 11.1. The number of aliphatic hydroxyl groups excluding tert-OH is 1. The van der Waals surface area contributed by atoms with Gasteiger partial charge >= 0.3 is 6.09 Å². The molecule has 1 aliphatic carbocycles. The zero-order valence-corrected chi connectivity index (χ0v) is 19.7. The first kappa shape index (κ1) is 26.6. The summed E-state index contributed by atoms with van der Waals surface area (Å²) in [5.74, 6) is -0.849. The van der Waals surface area contributed by atoms with E-state index in [2.05, 4.69) is 16.0 Å². The molecule has 2 rings (SSSR count). The summed E-state index contributed by atoms with van der Waals surface area (Å²) in [6.45, 7) is 4.18. The van der Waals surface area contributed by atoms with E-state index < -0.39 is 36.1 Å². The minimum atomic E-state index is -1.40. The van der Waals surface area contributed by atoms with Crippen molar-refractivity contribution in [3.05, 3.63) is 35.9 Å². The van der Waals surface area contributed by atoms with Crippen LogP contribution < -0.4 is 16.0 Å². The molecule has 3 amide bonds. The zero-order chi connectivity index (χ0) is 24.2. The number of rotatable bonds is 14. The molecule has 9 heteroatoms. The Bertz CT molecular complexity index is 754. The maximum Gasteiger partial charge on any atom is 0.407 e. The first-order valence-electron chi connectivity index (χ1n) is 11.5. The van der Waals surface area contributed by atoms with Gasteiger partial charge in [0.1, 0.15) is 12.6 Å². The van der Waals surface area contributed by atoms with Crippen LogP contribution in [0.5, 0.6) is 0 Å². The molecule has 0 bridgehead atoms. The Morgan fingerprint density at radius 2 is 1.76 bits per heavy atom. The van der Waals surface area contributed by atoms with Crippen molar-refractivity contribution >= 4 is 17.9 Å². The molecule has 0 spiro atoms. The molecule has 3 unspecified atom stereocenters. The molecule has 3 atom stereocenters. The van der Waals surface area contributed by atoms with Gasteiger partial charge in [-0.15, -0.1) is 0 Å². The van der Waals surface area contributed by atoms with Crippen LogP contribution in [0.1, 0.15) is 45.1 Å². The predicted octanol–water partition coefficient (Wildman–Crippen LogP) is 1.53. The quantitative estimate of drug-likeness (QED) is 0.310. The third-order valence-corrected chi connectivity index (χ3v) is 5.32. The van der Waals surface area contributed by atoms with Gasteiger partial charge in [-0.25, -0.2) is 4.79 Å². The molecule has 0 heterocycles. The van der Waals surface area contributed by atoms with Gasteiger partial charge in [0.2, 0.25) is 5.91 Å². The largest absolute Gasteiger partial charge is 0.447 e. The second-order valence-corrected chi connectivity index (χ2v) is 8.82. The minimum absolute atomic E-state index is 0.0676. The fourth-order valence-corrected chi connectivity index (χ4v) is 3.36. The second kappa shape index (κ2) is 13.8. The van der Waals surface area contributed by atoms with Crippen LogP contribution in [0.4, 0.5) is 4.79 Å². The summed E-state index contributed by atoms with van der Waals surface area (Å²) in [7, 11) is 1.50. The van der Waals surface area contributed by atoms with Gasteiger partial charge in [-0.2, -0.15) is 0 Å². The summed E-state index contributed by atoms with van der Waals surface area (Å²) < 4.78 is 9.88. The van der Waals surface area contributed by atoms with E-state index in [1.165, 1.54) is 7.11 Å². The summed E-state index contributed by atoms with van der Waals surface area (Å²) >= 11 is 0. The van der Waals surface area contributed by atoms with Gasteiger partial charge in [0.25, 0.3) is 5.91 Å². The fraction of sp³-hybridized carbons (Fsp3) is 0.625. The van der Waals surface area contributed by atoms with Gasteiger partial charge < -0.3 is 30.5 Å². The first-order valence-corrected chi connectivity index (χ1v) is 11.5. The van der Waals surface area contributed by atoms with Gasteiger partial charge in [-0.3, -0.25) is 9.59 Å². The molecule has 1 aliphatic rings. The highest BCUT2D eigenvalue weighted by Crippen LogP contribution is 2.19. The van der Waals surface area contributed by atoms with E-state index in [0.29, 0.717) is 19.3 Å². The monoisotopic (exact) mass is 463 g/mol. The van der Waals surface area contributed by atoms with E-state index in [1.54, 1.807) is 0 Å². The summed E-state index contributed by atoms with van der Waals surface area (Å²) in [4.78, 5) is 37.7. The average Bonchev–Trinajstić information content (AvgIpc) is 3.60. The van der Waals surface area contributed by atoms with Crippen LogP contribution in [0.15, 0.2) is 30.3 Å². The Balaban J connectivity index is 2.05. The fourth-order valence-electron chi connectivity index (χ4n) is 3.36. The van der Waals surface area contributed by atoms with Crippen molar-refractivity contribution in [2.24, 2.45) is 5.92 Å². The number of amides is 3. The number of nitrogens with one attached hydrogen (secondary N) is 3. The molecule has 9 nitrogen and oxygen atoms in total. The smallest absolute Gasteiger partial charge is 0.407 e. The minimum Gasteiger partial charge on any atom is -0.447 e. The molecule has 0 saturated heterocycles. The van der Waals surface area contributed by atoms with Crippen molar-refractivity contribution in [2.45, 2.75) is 70.2 Å². The van der Waals surface area contributed by atoms with Crippen LogP contribution >= 0.6 is 0 Å². The van der Waals surface area contributed by atoms with Gasteiger partial charge in [-0.05, 0) is 43.6 Å². The molecule has 1 fully saturated rings. The van der Waals surface area contributed by atoms with Crippen molar-refractivity contribution in [1.82, 2.24) is 16.0 Å². The van der Waals surface area contributed by atoms with Crippen molar-refractivity contribution in [2.75, 3.05) is 20.3 Å². The number of benzene rings is 1. The Labute approximate surface area is 195 Å². The highest BCUT2D eigenvalue weighted by atomic mass is 16.6. The van der Waals surface area contributed by atoms with E-state index in [4.69, 9.17) is 9.47 Å². The SMILES string of the molecule is COCCOC(=O)NC(CC(C)C)C(=O)NC(CCc1ccccc1)C(O)C(=O)NC1CC1. The molecule has 1 aromatic carbocycles.